The van der Waals surface area contributed by atoms with Crippen LogP contribution in [0.5, 0.6) is 0 Å². The standard InChI is InChI=1S/C10H14F2N4O2S/c11-6(12)5-14-9(17)7-8(13)15-10(19-7)16-1-3-18-4-2-16/h6H,1-5,13H2,(H,14,17). The Balaban J connectivity index is 2.05. The Labute approximate surface area is 112 Å². The van der Waals surface area contributed by atoms with Gasteiger partial charge >= 0.3 is 0 Å². The zero-order valence-electron chi connectivity index (χ0n) is 10.1. The van der Waals surface area contributed by atoms with Crippen LogP contribution >= 0.6 is 11.3 Å². The third-order valence-electron chi connectivity index (χ3n) is 2.55. The van der Waals surface area contributed by atoms with Gasteiger partial charge in [-0.05, 0) is 0 Å². The second-order valence-electron chi connectivity index (χ2n) is 3.91. The average Bonchev–Trinajstić information content (AvgIpc) is 2.79. The highest BCUT2D eigenvalue weighted by molar-refractivity contribution is 7.18. The van der Waals surface area contributed by atoms with Gasteiger partial charge in [0.25, 0.3) is 12.3 Å². The molecule has 0 saturated carbocycles. The maximum Gasteiger partial charge on any atom is 0.265 e. The van der Waals surface area contributed by atoms with E-state index in [9.17, 15) is 13.6 Å². The van der Waals surface area contributed by atoms with Crippen molar-refractivity contribution in [2.75, 3.05) is 43.5 Å². The number of halogens is 2. The van der Waals surface area contributed by atoms with Crippen LogP contribution in [-0.2, 0) is 4.74 Å². The molecule has 6 nitrogen and oxygen atoms in total. The minimum absolute atomic E-state index is 0.0678. The highest BCUT2D eigenvalue weighted by Gasteiger charge is 2.21. The van der Waals surface area contributed by atoms with E-state index in [-0.39, 0.29) is 10.7 Å². The smallest absolute Gasteiger partial charge is 0.265 e. The van der Waals surface area contributed by atoms with Gasteiger partial charge in [0.15, 0.2) is 5.13 Å². The molecule has 2 rings (SSSR count). The van der Waals surface area contributed by atoms with Gasteiger partial charge in [0, 0.05) is 13.1 Å². The number of alkyl halides is 2. The van der Waals surface area contributed by atoms with Crippen molar-refractivity contribution in [1.82, 2.24) is 10.3 Å². The van der Waals surface area contributed by atoms with Crippen LogP contribution < -0.4 is 16.0 Å². The van der Waals surface area contributed by atoms with Crippen LogP contribution in [0.4, 0.5) is 19.7 Å². The van der Waals surface area contributed by atoms with Crippen LogP contribution in [0.15, 0.2) is 0 Å². The first kappa shape index (κ1) is 13.9. The lowest BCUT2D eigenvalue weighted by Gasteiger charge is -2.25. The first-order valence-corrected chi connectivity index (χ1v) is 6.55. The number of morpholine rings is 1. The van der Waals surface area contributed by atoms with Crippen LogP contribution in [-0.4, -0.2) is 50.2 Å². The van der Waals surface area contributed by atoms with Crippen LogP contribution in [0.3, 0.4) is 0 Å². The molecule has 3 N–H and O–H groups in total. The van der Waals surface area contributed by atoms with Crippen molar-refractivity contribution in [2.24, 2.45) is 0 Å². The van der Waals surface area contributed by atoms with E-state index >= 15 is 0 Å². The van der Waals surface area contributed by atoms with E-state index in [2.05, 4.69) is 10.3 Å². The normalized spacial score (nSPS) is 15.8. The van der Waals surface area contributed by atoms with Gasteiger partial charge in [0.1, 0.15) is 10.7 Å². The molecule has 2 heterocycles. The Bertz CT molecular complexity index is 449. The Morgan fingerprint density at radius 2 is 2.21 bits per heavy atom. The van der Waals surface area contributed by atoms with Crippen molar-refractivity contribution < 1.29 is 18.3 Å². The SMILES string of the molecule is Nc1nc(N2CCOCC2)sc1C(=O)NCC(F)F. The van der Waals surface area contributed by atoms with E-state index in [1.165, 1.54) is 0 Å². The number of nitrogens with one attached hydrogen (secondary N) is 1. The molecule has 19 heavy (non-hydrogen) atoms. The number of nitrogen functional groups attached to an aromatic ring is 1. The van der Waals surface area contributed by atoms with Gasteiger partial charge in [0.2, 0.25) is 0 Å². The van der Waals surface area contributed by atoms with Crippen LogP contribution in [0.1, 0.15) is 9.67 Å². The van der Waals surface area contributed by atoms with Crippen molar-refractivity contribution in [3.05, 3.63) is 4.88 Å². The molecule has 1 saturated heterocycles. The van der Waals surface area contributed by atoms with Gasteiger partial charge in [-0.15, -0.1) is 0 Å². The summed E-state index contributed by atoms with van der Waals surface area (Å²) in [6.45, 7) is 1.83. The summed E-state index contributed by atoms with van der Waals surface area (Å²) < 4.78 is 29.3. The van der Waals surface area contributed by atoms with E-state index in [0.717, 1.165) is 11.3 Å². The highest BCUT2D eigenvalue weighted by atomic mass is 32.1. The molecule has 1 aliphatic heterocycles. The Morgan fingerprint density at radius 3 is 2.84 bits per heavy atom. The minimum atomic E-state index is -2.59. The molecule has 1 aromatic heterocycles. The monoisotopic (exact) mass is 292 g/mol. The number of thiazole rings is 1. The molecule has 1 aliphatic rings. The third kappa shape index (κ3) is 3.51. The van der Waals surface area contributed by atoms with Crippen LogP contribution in [0.2, 0.25) is 0 Å². The zero-order chi connectivity index (χ0) is 13.8. The van der Waals surface area contributed by atoms with Gasteiger partial charge in [-0.3, -0.25) is 4.79 Å². The van der Waals surface area contributed by atoms with Crippen LogP contribution in [0.25, 0.3) is 0 Å². The van der Waals surface area contributed by atoms with E-state index < -0.39 is 18.9 Å². The van der Waals surface area contributed by atoms with Gasteiger partial charge in [0.05, 0.1) is 19.8 Å². The van der Waals surface area contributed by atoms with Crippen LogP contribution in [0, 0.1) is 0 Å². The predicted molar refractivity (Wildman–Crippen MR) is 67.9 cm³/mol. The molecular formula is C10H14F2N4O2S. The fraction of sp³-hybridized carbons (Fsp3) is 0.600. The van der Waals surface area contributed by atoms with Gasteiger partial charge in [-0.1, -0.05) is 11.3 Å². The first-order chi connectivity index (χ1) is 9.08. The lowest BCUT2D eigenvalue weighted by atomic mass is 10.4. The molecule has 0 radical (unpaired) electrons. The Morgan fingerprint density at radius 1 is 1.53 bits per heavy atom. The molecule has 1 amide bonds. The van der Waals surface area contributed by atoms with Gasteiger partial charge < -0.3 is 20.7 Å². The van der Waals surface area contributed by atoms with E-state index in [1.807, 2.05) is 4.90 Å². The van der Waals surface area contributed by atoms with Crippen molar-refractivity contribution in [3.8, 4) is 0 Å². The minimum Gasteiger partial charge on any atom is -0.382 e. The topological polar surface area (TPSA) is 80.5 Å². The quantitative estimate of drug-likeness (QED) is 0.847. The maximum absolute atomic E-state index is 12.0. The molecule has 9 heteroatoms. The summed E-state index contributed by atoms with van der Waals surface area (Å²) in [5.41, 5.74) is 5.65. The molecule has 0 unspecified atom stereocenters. The summed E-state index contributed by atoms with van der Waals surface area (Å²) >= 11 is 1.10. The molecular weight excluding hydrogens is 278 g/mol. The number of ether oxygens (including phenoxy) is 1. The summed E-state index contributed by atoms with van der Waals surface area (Å²) in [6.07, 6.45) is -2.59. The maximum atomic E-state index is 12.0. The summed E-state index contributed by atoms with van der Waals surface area (Å²) in [4.78, 5) is 17.9. The Kier molecular flexibility index (Phi) is 4.48. The second-order valence-corrected chi connectivity index (χ2v) is 4.89. The summed E-state index contributed by atoms with van der Waals surface area (Å²) in [7, 11) is 0. The molecule has 106 valence electrons. The van der Waals surface area contributed by atoms with E-state index in [1.54, 1.807) is 0 Å². The molecule has 0 aromatic carbocycles. The highest BCUT2D eigenvalue weighted by Crippen LogP contribution is 2.28. The molecule has 0 aliphatic carbocycles. The number of carbonyl (C=O) groups is 1. The molecule has 1 fully saturated rings. The lowest BCUT2D eigenvalue weighted by Crippen LogP contribution is -2.36. The third-order valence-corrected chi connectivity index (χ3v) is 3.68. The molecule has 1 aromatic rings. The number of nitrogens with zero attached hydrogens (tertiary/aromatic N) is 2. The summed E-state index contributed by atoms with van der Waals surface area (Å²) in [6, 6.07) is 0. The number of hydrogen-bond donors (Lipinski definition) is 2. The number of aromatic nitrogens is 1. The number of nitrogens with two attached hydrogens (primary N) is 1. The van der Waals surface area contributed by atoms with E-state index in [0.29, 0.717) is 31.4 Å². The van der Waals surface area contributed by atoms with Crippen molar-refractivity contribution in [2.45, 2.75) is 6.43 Å². The van der Waals surface area contributed by atoms with Gasteiger partial charge in [-0.2, -0.15) is 0 Å². The second kappa shape index (κ2) is 6.11. The summed E-state index contributed by atoms with van der Waals surface area (Å²) in [5.74, 6) is -0.548. The van der Waals surface area contributed by atoms with Crippen molar-refractivity contribution in [3.63, 3.8) is 0 Å². The summed E-state index contributed by atoms with van der Waals surface area (Å²) in [5, 5.41) is 2.73. The number of anilines is 2. The molecule has 0 spiro atoms. The number of hydrogen-bond acceptors (Lipinski definition) is 6. The van der Waals surface area contributed by atoms with Crippen molar-refractivity contribution >= 4 is 28.2 Å². The fourth-order valence-corrected chi connectivity index (χ4v) is 2.58. The van der Waals surface area contributed by atoms with Gasteiger partial charge in [-0.25, -0.2) is 13.8 Å². The molecule has 0 bridgehead atoms. The van der Waals surface area contributed by atoms with E-state index in [4.69, 9.17) is 10.5 Å². The average molecular weight is 292 g/mol. The lowest BCUT2D eigenvalue weighted by molar-refractivity contribution is 0.0896. The predicted octanol–water partition coefficient (Wildman–Crippen LogP) is 0.557. The molecule has 0 atom stereocenters. The number of rotatable bonds is 4. The Hall–Kier alpha value is -1.48. The number of carbonyl (C=O) groups excluding carboxylic acids is 1. The zero-order valence-corrected chi connectivity index (χ0v) is 10.9. The van der Waals surface area contributed by atoms with Crippen molar-refractivity contribution in [1.29, 1.82) is 0 Å². The largest absolute Gasteiger partial charge is 0.382 e. The number of amides is 1. The first-order valence-electron chi connectivity index (χ1n) is 5.73. The fourth-order valence-electron chi connectivity index (χ4n) is 1.62.